The van der Waals surface area contributed by atoms with E-state index in [2.05, 4.69) is 10.1 Å². The van der Waals surface area contributed by atoms with Gasteiger partial charge in [-0.1, -0.05) is 0 Å². The number of benzene rings is 1. The molecule has 0 unspecified atom stereocenters. The Morgan fingerprint density at radius 2 is 2.22 bits per heavy atom. The Hall–Kier alpha value is -2.50. The van der Waals surface area contributed by atoms with Crippen LogP contribution in [0.3, 0.4) is 0 Å². The summed E-state index contributed by atoms with van der Waals surface area (Å²) in [6.07, 6.45) is 0.726. The molecule has 0 fully saturated rings. The second-order valence-electron chi connectivity index (χ2n) is 3.66. The zero-order chi connectivity index (χ0) is 13.1. The number of carbonyl (C=O) groups excluding carboxylic acids is 1. The molecule has 0 spiro atoms. The molecule has 0 aliphatic rings. The smallest absolute Gasteiger partial charge is 0.411 e. The average molecular weight is 249 g/mol. The lowest BCUT2D eigenvalue weighted by molar-refractivity contribution is -0.136. The van der Waals surface area contributed by atoms with E-state index in [1.165, 1.54) is 13.4 Å². The van der Waals surface area contributed by atoms with Crippen molar-refractivity contribution in [3.8, 4) is 0 Å². The first-order valence-electron chi connectivity index (χ1n) is 5.17. The van der Waals surface area contributed by atoms with Crippen molar-refractivity contribution < 1.29 is 23.8 Å². The second-order valence-corrected chi connectivity index (χ2v) is 3.66. The second kappa shape index (κ2) is 4.79. The summed E-state index contributed by atoms with van der Waals surface area (Å²) in [5, 5.41) is 11.9. The van der Waals surface area contributed by atoms with Crippen LogP contribution in [0, 0.1) is 0 Å². The van der Waals surface area contributed by atoms with Gasteiger partial charge in [-0.3, -0.25) is 10.1 Å². The first-order valence-corrected chi connectivity index (χ1v) is 5.17. The van der Waals surface area contributed by atoms with Gasteiger partial charge in [0.2, 0.25) is 0 Å². The average Bonchev–Trinajstić information content (AvgIpc) is 2.71. The van der Waals surface area contributed by atoms with Gasteiger partial charge in [0.25, 0.3) is 0 Å². The van der Waals surface area contributed by atoms with Crippen molar-refractivity contribution in [1.82, 2.24) is 0 Å². The molecule has 6 heteroatoms. The van der Waals surface area contributed by atoms with Gasteiger partial charge >= 0.3 is 12.1 Å². The number of amides is 1. The highest BCUT2D eigenvalue weighted by molar-refractivity contribution is 5.91. The van der Waals surface area contributed by atoms with Crippen LogP contribution in [0.4, 0.5) is 10.5 Å². The predicted molar refractivity (Wildman–Crippen MR) is 63.6 cm³/mol. The van der Waals surface area contributed by atoms with Gasteiger partial charge < -0.3 is 14.3 Å². The topological polar surface area (TPSA) is 88.8 Å². The summed E-state index contributed by atoms with van der Waals surface area (Å²) in [6, 6.07) is 4.96. The van der Waals surface area contributed by atoms with Gasteiger partial charge in [-0.15, -0.1) is 0 Å². The third kappa shape index (κ3) is 2.42. The van der Waals surface area contributed by atoms with Crippen LogP contribution in [0.25, 0.3) is 11.0 Å². The summed E-state index contributed by atoms with van der Waals surface area (Å²) in [4.78, 5) is 21.7. The van der Waals surface area contributed by atoms with Crippen molar-refractivity contribution in [2.45, 2.75) is 6.42 Å². The lowest BCUT2D eigenvalue weighted by Crippen LogP contribution is -2.10. The van der Waals surface area contributed by atoms with E-state index in [4.69, 9.17) is 9.52 Å². The highest BCUT2D eigenvalue weighted by atomic mass is 16.5. The summed E-state index contributed by atoms with van der Waals surface area (Å²) < 4.78 is 9.72. The van der Waals surface area contributed by atoms with E-state index in [1.807, 2.05) is 0 Å². The number of hydrogen-bond donors (Lipinski definition) is 2. The lowest BCUT2D eigenvalue weighted by atomic mass is 10.1. The Bertz CT molecular complexity index is 602. The molecule has 2 rings (SSSR count). The Kier molecular flexibility index (Phi) is 3.18. The number of carbonyl (C=O) groups is 2. The minimum absolute atomic E-state index is 0.100. The van der Waals surface area contributed by atoms with Crippen molar-refractivity contribution >= 4 is 28.7 Å². The molecular formula is C12H11NO5. The fourth-order valence-electron chi connectivity index (χ4n) is 1.63. The highest BCUT2D eigenvalue weighted by Gasteiger charge is 2.10. The van der Waals surface area contributed by atoms with E-state index in [0.717, 1.165) is 0 Å². The molecule has 0 bridgehead atoms. The van der Waals surface area contributed by atoms with E-state index in [-0.39, 0.29) is 6.42 Å². The third-order valence-corrected chi connectivity index (χ3v) is 2.43. The number of hydrogen-bond acceptors (Lipinski definition) is 4. The summed E-state index contributed by atoms with van der Waals surface area (Å²) in [7, 11) is 1.27. The summed E-state index contributed by atoms with van der Waals surface area (Å²) in [6.45, 7) is 0. The molecule has 1 amide bonds. The van der Waals surface area contributed by atoms with Gasteiger partial charge in [-0.25, -0.2) is 4.79 Å². The molecule has 0 aliphatic heterocycles. The molecule has 0 saturated heterocycles. The molecule has 0 radical (unpaired) electrons. The predicted octanol–water partition coefficient (Wildman–Crippen LogP) is 2.24. The standard InChI is InChI=1S/C12H11NO5/c1-17-12(16)13-8-2-3-9-7(4-11(14)15)6-18-10(9)5-8/h2-3,5-6H,4H2,1H3,(H,13,16)(H,14,15). The van der Waals surface area contributed by atoms with Crippen molar-refractivity contribution in [3.63, 3.8) is 0 Å². The number of nitrogens with one attached hydrogen (secondary N) is 1. The zero-order valence-electron chi connectivity index (χ0n) is 9.60. The van der Waals surface area contributed by atoms with Crippen LogP contribution in [0.15, 0.2) is 28.9 Å². The van der Waals surface area contributed by atoms with Gasteiger partial charge in [-0.05, 0) is 12.1 Å². The van der Waals surface area contributed by atoms with Gasteiger partial charge in [0.1, 0.15) is 5.58 Å². The number of methoxy groups -OCH3 is 1. The molecule has 6 nitrogen and oxygen atoms in total. The van der Waals surface area contributed by atoms with Crippen LogP contribution in [-0.2, 0) is 16.0 Å². The van der Waals surface area contributed by atoms with E-state index >= 15 is 0 Å². The minimum Gasteiger partial charge on any atom is -0.481 e. The van der Waals surface area contributed by atoms with Crippen LogP contribution in [-0.4, -0.2) is 24.3 Å². The first kappa shape index (κ1) is 12.0. The Morgan fingerprint density at radius 3 is 2.89 bits per heavy atom. The Balaban J connectivity index is 2.30. The molecule has 94 valence electrons. The fraction of sp³-hybridized carbons (Fsp3) is 0.167. The van der Waals surface area contributed by atoms with Crippen LogP contribution < -0.4 is 5.32 Å². The summed E-state index contributed by atoms with van der Waals surface area (Å²) in [5.41, 5.74) is 1.63. The molecule has 0 aliphatic carbocycles. The van der Waals surface area contributed by atoms with Crippen LogP contribution in [0.2, 0.25) is 0 Å². The van der Waals surface area contributed by atoms with Gasteiger partial charge in [0, 0.05) is 22.7 Å². The SMILES string of the molecule is COC(=O)Nc1ccc2c(CC(=O)O)coc2c1. The molecule has 0 atom stereocenters. The molecule has 18 heavy (non-hydrogen) atoms. The minimum atomic E-state index is -0.922. The van der Waals surface area contributed by atoms with E-state index in [9.17, 15) is 9.59 Å². The summed E-state index contributed by atoms with van der Waals surface area (Å²) in [5.74, 6) is -0.922. The van der Waals surface area contributed by atoms with Crippen LogP contribution >= 0.6 is 0 Å². The number of rotatable bonds is 3. The number of carboxylic acid groups (broad SMARTS) is 1. The number of furan rings is 1. The van der Waals surface area contributed by atoms with Crippen LogP contribution in [0.1, 0.15) is 5.56 Å². The van der Waals surface area contributed by atoms with Gasteiger partial charge in [0.05, 0.1) is 19.8 Å². The van der Waals surface area contributed by atoms with Crippen molar-refractivity contribution in [1.29, 1.82) is 0 Å². The van der Waals surface area contributed by atoms with E-state index in [0.29, 0.717) is 22.2 Å². The van der Waals surface area contributed by atoms with Crippen LogP contribution in [0.5, 0.6) is 0 Å². The van der Waals surface area contributed by atoms with E-state index < -0.39 is 12.1 Å². The number of carboxylic acids is 1. The normalized spacial score (nSPS) is 10.3. The lowest BCUT2D eigenvalue weighted by Gasteiger charge is -2.02. The highest BCUT2D eigenvalue weighted by Crippen LogP contribution is 2.25. The van der Waals surface area contributed by atoms with Crippen molar-refractivity contribution in [2.75, 3.05) is 12.4 Å². The number of ether oxygens (including phenoxy) is 1. The van der Waals surface area contributed by atoms with Crippen molar-refractivity contribution in [2.24, 2.45) is 0 Å². The Morgan fingerprint density at radius 1 is 1.44 bits per heavy atom. The zero-order valence-corrected chi connectivity index (χ0v) is 9.60. The third-order valence-electron chi connectivity index (χ3n) is 2.43. The molecule has 0 saturated carbocycles. The number of aliphatic carboxylic acids is 1. The molecule has 2 N–H and O–H groups in total. The largest absolute Gasteiger partial charge is 0.481 e. The molecule has 1 aromatic carbocycles. The number of fused-ring (bicyclic) bond motifs is 1. The maximum Gasteiger partial charge on any atom is 0.411 e. The van der Waals surface area contributed by atoms with Gasteiger partial charge in [-0.2, -0.15) is 0 Å². The maximum atomic E-state index is 11.0. The fourth-order valence-corrected chi connectivity index (χ4v) is 1.63. The molecule has 2 aromatic rings. The quantitative estimate of drug-likeness (QED) is 0.870. The Labute approximate surface area is 102 Å². The molecule has 1 heterocycles. The van der Waals surface area contributed by atoms with E-state index in [1.54, 1.807) is 18.2 Å². The molecule has 1 aromatic heterocycles. The van der Waals surface area contributed by atoms with Crippen molar-refractivity contribution in [3.05, 3.63) is 30.0 Å². The summed E-state index contributed by atoms with van der Waals surface area (Å²) >= 11 is 0. The monoisotopic (exact) mass is 249 g/mol. The maximum absolute atomic E-state index is 11.0. The first-order chi connectivity index (χ1) is 8.60. The molecular weight excluding hydrogens is 238 g/mol. The number of anilines is 1. The van der Waals surface area contributed by atoms with Gasteiger partial charge in [0.15, 0.2) is 0 Å².